The number of furan rings is 1. The van der Waals surface area contributed by atoms with Crippen molar-refractivity contribution in [3.05, 3.63) is 77.9 Å². The maximum atomic E-state index is 11.1. The monoisotopic (exact) mass is 360 g/mol. The molecule has 5 rings (SSSR count). The molecule has 2 atom stereocenters. The van der Waals surface area contributed by atoms with Gasteiger partial charge in [-0.15, -0.1) is 0 Å². The van der Waals surface area contributed by atoms with Crippen LogP contribution in [0.1, 0.15) is 40.2 Å². The van der Waals surface area contributed by atoms with E-state index in [1.165, 1.54) is 11.6 Å². The van der Waals surface area contributed by atoms with E-state index in [4.69, 9.17) is 9.52 Å². The molecule has 0 fully saturated rings. The molecule has 0 saturated carbocycles. The number of aliphatic hydroxyl groups excluding tert-OH is 1. The molecule has 2 unspecified atom stereocenters. The van der Waals surface area contributed by atoms with E-state index in [9.17, 15) is 9.90 Å². The molecule has 0 spiro atoms. The predicted octanol–water partition coefficient (Wildman–Crippen LogP) is 4.02. The zero-order chi connectivity index (χ0) is 18.5. The Morgan fingerprint density at radius 2 is 2.07 bits per heavy atom. The minimum Gasteiger partial charge on any atom is -0.475 e. The molecular weight excluding hydrogens is 344 g/mol. The molecular formula is C21H16N2O4. The molecule has 3 heterocycles. The van der Waals surface area contributed by atoms with Crippen molar-refractivity contribution in [2.75, 3.05) is 0 Å². The number of carboxylic acids is 1. The molecule has 0 aliphatic carbocycles. The minimum atomic E-state index is -1.11. The van der Waals surface area contributed by atoms with Crippen LogP contribution in [-0.2, 0) is 0 Å². The van der Waals surface area contributed by atoms with Gasteiger partial charge in [0.1, 0.15) is 5.58 Å². The fourth-order valence-electron chi connectivity index (χ4n) is 3.89. The number of aromatic carboxylic acids is 1. The molecule has 1 aliphatic heterocycles. The first-order chi connectivity index (χ1) is 13.1. The van der Waals surface area contributed by atoms with E-state index >= 15 is 0 Å². The Morgan fingerprint density at radius 3 is 2.93 bits per heavy atom. The third-order valence-electron chi connectivity index (χ3n) is 5.18. The number of hydrogen-bond donors (Lipinski definition) is 2. The molecule has 0 saturated heterocycles. The zero-order valence-electron chi connectivity index (χ0n) is 14.2. The van der Waals surface area contributed by atoms with Crippen LogP contribution >= 0.6 is 0 Å². The lowest BCUT2D eigenvalue weighted by molar-refractivity contribution is 0.0665. The Morgan fingerprint density at radius 1 is 1.22 bits per heavy atom. The molecule has 0 radical (unpaired) electrons. The van der Waals surface area contributed by atoms with Gasteiger partial charge in [-0.05, 0) is 29.3 Å². The van der Waals surface area contributed by atoms with Gasteiger partial charge in [-0.3, -0.25) is 0 Å². The predicted molar refractivity (Wildman–Crippen MR) is 98.6 cm³/mol. The van der Waals surface area contributed by atoms with Crippen molar-refractivity contribution < 1.29 is 19.4 Å². The van der Waals surface area contributed by atoms with Crippen LogP contribution in [0.3, 0.4) is 0 Å². The van der Waals surface area contributed by atoms with Crippen LogP contribution < -0.4 is 0 Å². The molecule has 134 valence electrons. The van der Waals surface area contributed by atoms with Crippen LogP contribution in [0.5, 0.6) is 0 Å². The molecule has 0 bridgehead atoms. The van der Waals surface area contributed by atoms with Crippen molar-refractivity contribution >= 4 is 16.9 Å². The maximum absolute atomic E-state index is 11.1. The Balaban J connectivity index is 1.48. The molecule has 1 aliphatic rings. The lowest BCUT2D eigenvalue weighted by Gasteiger charge is -2.19. The van der Waals surface area contributed by atoms with Gasteiger partial charge in [-0.2, -0.15) is 0 Å². The largest absolute Gasteiger partial charge is 0.475 e. The van der Waals surface area contributed by atoms with Gasteiger partial charge >= 0.3 is 5.97 Å². The third-order valence-corrected chi connectivity index (χ3v) is 5.18. The molecule has 2 aromatic carbocycles. The summed E-state index contributed by atoms with van der Waals surface area (Å²) in [7, 11) is 0. The highest BCUT2D eigenvalue weighted by Crippen LogP contribution is 2.43. The molecule has 6 nitrogen and oxygen atoms in total. The number of nitrogens with zero attached hydrogens (tertiary/aromatic N) is 2. The summed E-state index contributed by atoms with van der Waals surface area (Å²) < 4.78 is 7.38. The van der Waals surface area contributed by atoms with E-state index in [2.05, 4.69) is 21.7 Å². The second kappa shape index (κ2) is 5.82. The number of carboxylic acid groups (broad SMARTS) is 1. The van der Waals surface area contributed by atoms with Gasteiger partial charge < -0.3 is 19.2 Å². The van der Waals surface area contributed by atoms with E-state index in [1.807, 2.05) is 18.3 Å². The van der Waals surface area contributed by atoms with Crippen LogP contribution in [-0.4, -0.2) is 25.7 Å². The zero-order valence-corrected chi connectivity index (χ0v) is 14.2. The standard InChI is InChI=1S/C21H16N2O4/c24-18(12-5-6-19-13(7-12)8-20(27-19)21(25)26)9-16-14-3-1-2-4-15(14)17-10-22-11-23(16)17/h1-8,10-11,16,18,24H,9H2,(H,25,26). The topological polar surface area (TPSA) is 88.5 Å². The summed E-state index contributed by atoms with van der Waals surface area (Å²) >= 11 is 0. The van der Waals surface area contributed by atoms with Crippen LogP contribution in [0, 0.1) is 0 Å². The third kappa shape index (κ3) is 2.45. The van der Waals surface area contributed by atoms with Gasteiger partial charge in [0.15, 0.2) is 0 Å². The summed E-state index contributed by atoms with van der Waals surface area (Å²) in [5.41, 5.74) is 4.59. The number of aliphatic hydroxyl groups is 1. The highest BCUT2D eigenvalue weighted by molar-refractivity contribution is 5.91. The highest BCUT2D eigenvalue weighted by atomic mass is 16.4. The van der Waals surface area contributed by atoms with E-state index < -0.39 is 12.1 Å². The van der Waals surface area contributed by atoms with Crippen LogP contribution in [0.2, 0.25) is 0 Å². The van der Waals surface area contributed by atoms with Gasteiger partial charge in [0, 0.05) is 17.4 Å². The van der Waals surface area contributed by atoms with Crippen molar-refractivity contribution in [2.24, 2.45) is 0 Å². The van der Waals surface area contributed by atoms with E-state index in [0.29, 0.717) is 17.4 Å². The van der Waals surface area contributed by atoms with Crippen LogP contribution in [0.4, 0.5) is 0 Å². The van der Waals surface area contributed by atoms with E-state index in [1.54, 1.807) is 24.5 Å². The highest BCUT2D eigenvalue weighted by Gasteiger charge is 2.30. The summed E-state index contributed by atoms with van der Waals surface area (Å²) in [5.74, 6) is -1.21. The summed E-state index contributed by atoms with van der Waals surface area (Å²) in [6, 6.07) is 14.9. The quantitative estimate of drug-likeness (QED) is 0.574. The first kappa shape index (κ1) is 15.8. The Kier molecular flexibility index (Phi) is 3.42. The van der Waals surface area contributed by atoms with Gasteiger partial charge in [-0.1, -0.05) is 30.3 Å². The van der Waals surface area contributed by atoms with Gasteiger partial charge in [0.05, 0.1) is 30.4 Å². The normalized spacial score (nSPS) is 16.3. The van der Waals surface area contributed by atoms with Crippen molar-refractivity contribution in [3.63, 3.8) is 0 Å². The molecule has 4 aromatic rings. The van der Waals surface area contributed by atoms with Crippen LogP contribution in [0.25, 0.3) is 22.2 Å². The van der Waals surface area contributed by atoms with Gasteiger partial charge in [0.2, 0.25) is 5.76 Å². The number of fused-ring (bicyclic) bond motifs is 4. The Hall–Kier alpha value is -3.38. The van der Waals surface area contributed by atoms with E-state index in [-0.39, 0.29) is 11.8 Å². The van der Waals surface area contributed by atoms with Crippen molar-refractivity contribution in [2.45, 2.75) is 18.6 Å². The SMILES string of the molecule is O=C(O)c1cc2cc(C(O)CC3c4ccccc4-c4cncn43)ccc2o1. The van der Waals surface area contributed by atoms with Crippen molar-refractivity contribution in [3.8, 4) is 11.3 Å². The maximum Gasteiger partial charge on any atom is 0.371 e. The summed E-state index contributed by atoms with van der Waals surface area (Å²) in [6.07, 6.45) is 3.43. The van der Waals surface area contributed by atoms with Crippen molar-refractivity contribution in [1.82, 2.24) is 9.55 Å². The minimum absolute atomic E-state index is 0.00308. The molecule has 27 heavy (non-hydrogen) atoms. The van der Waals surface area contributed by atoms with Gasteiger partial charge in [-0.25, -0.2) is 9.78 Å². The first-order valence-corrected chi connectivity index (χ1v) is 8.68. The number of imidazole rings is 1. The lowest BCUT2D eigenvalue weighted by Crippen LogP contribution is -2.10. The number of carbonyl (C=O) groups is 1. The fourth-order valence-corrected chi connectivity index (χ4v) is 3.89. The number of aromatic nitrogens is 2. The smallest absolute Gasteiger partial charge is 0.371 e. The Labute approximate surface area is 154 Å². The Bertz CT molecular complexity index is 1170. The fraction of sp³-hybridized carbons (Fsp3) is 0.143. The summed E-state index contributed by atoms with van der Waals surface area (Å²) in [5, 5.41) is 20.6. The molecule has 2 aromatic heterocycles. The number of hydrogen-bond acceptors (Lipinski definition) is 4. The average Bonchev–Trinajstić information content (AvgIpc) is 3.37. The summed E-state index contributed by atoms with van der Waals surface area (Å²) in [6.45, 7) is 0. The van der Waals surface area contributed by atoms with Gasteiger partial charge in [0.25, 0.3) is 0 Å². The molecule has 0 amide bonds. The van der Waals surface area contributed by atoms with Crippen molar-refractivity contribution in [1.29, 1.82) is 0 Å². The number of benzene rings is 2. The molecule has 2 N–H and O–H groups in total. The summed E-state index contributed by atoms with van der Waals surface area (Å²) in [4.78, 5) is 15.3. The van der Waals surface area contributed by atoms with Crippen LogP contribution in [0.15, 0.2) is 65.5 Å². The van der Waals surface area contributed by atoms with E-state index in [0.717, 1.165) is 16.8 Å². The first-order valence-electron chi connectivity index (χ1n) is 8.68. The average molecular weight is 360 g/mol. The second-order valence-electron chi connectivity index (χ2n) is 6.75. The second-order valence-corrected chi connectivity index (χ2v) is 6.75. The lowest BCUT2D eigenvalue weighted by atomic mass is 9.95. The number of rotatable bonds is 4. The molecule has 6 heteroatoms.